The van der Waals surface area contributed by atoms with E-state index in [-0.39, 0.29) is 12.4 Å². The van der Waals surface area contributed by atoms with E-state index in [1.54, 1.807) is 22.8 Å². The van der Waals surface area contributed by atoms with Crippen molar-refractivity contribution in [1.82, 2.24) is 14.6 Å². The first-order chi connectivity index (χ1) is 9.61. The maximum absolute atomic E-state index is 13.2. The van der Waals surface area contributed by atoms with Gasteiger partial charge in [-0.15, -0.1) is 5.10 Å². The smallest absolute Gasteiger partial charge is 0.236 e. The second kappa shape index (κ2) is 4.89. The number of carbonyl (C=O) groups is 1. The van der Waals surface area contributed by atoms with E-state index in [2.05, 4.69) is 15.4 Å². The monoisotopic (exact) mass is 291 g/mol. The van der Waals surface area contributed by atoms with Crippen molar-refractivity contribution in [2.75, 3.05) is 11.9 Å². The van der Waals surface area contributed by atoms with E-state index in [1.165, 1.54) is 23.5 Å². The molecule has 2 aromatic heterocycles. The fourth-order valence-corrected chi connectivity index (χ4v) is 2.50. The Bertz CT molecular complexity index is 750. The van der Waals surface area contributed by atoms with Gasteiger partial charge in [-0.25, -0.2) is 13.9 Å². The summed E-state index contributed by atoms with van der Waals surface area (Å²) >= 11 is 1.29. The van der Waals surface area contributed by atoms with Gasteiger partial charge in [0.25, 0.3) is 0 Å². The Morgan fingerprint density at radius 2 is 2.35 bits per heavy atom. The minimum absolute atomic E-state index is 0.0213. The molecule has 0 spiro atoms. The van der Waals surface area contributed by atoms with Crippen LogP contribution in [0.5, 0.6) is 0 Å². The number of amides is 1. The molecule has 2 heterocycles. The number of benzene rings is 1. The van der Waals surface area contributed by atoms with Crippen molar-refractivity contribution in [3.63, 3.8) is 0 Å². The summed E-state index contributed by atoms with van der Waals surface area (Å²) in [7, 11) is 0. The van der Waals surface area contributed by atoms with E-state index in [0.29, 0.717) is 21.3 Å². The minimum atomic E-state index is -0.460. The Morgan fingerprint density at radius 3 is 3.05 bits per heavy atom. The Hall–Kier alpha value is -2.48. The number of fused-ring (bicyclic) bond motifs is 1. The molecule has 20 heavy (non-hydrogen) atoms. The highest BCUT2D eigenvalue weighted by Crippen LogP contribution is 2.24. The van der Waals surface area contributed by atoms with E-state index >= 15 is 0 Å². The highest BCUT2D eigenvalue weighted by atomic mass is 32.1. The first-order valence-corrected chi connectivity index (χ1v) is 6.58. The van der Waals surface area contributed by atoms with Gasteiger partial charge in [-0.1, -0.05) is 23.5 Å². The zero-order valence-electron chi connectivity index (χ0n) is 10.2. The van der Waals surface area contributed by atoms with Gasteiger partial charge in [-0.2, -0.15) is 0 Å². The zero-order chi connectivity index (χ0) is 14.1. The molecule has 0 aliphatic heterocycles. The van der Waals surface area contributed by atoms with E-state index in [0.717, 1.165) is 0 Å². The van der Waals surface area contributed by atoms with Crippen molar-refractivity contribution in [3.8, 4) is 11.3 Å². The van der Waals surface area contributed by atoms with Gasteiger partial charge in [0.1, 0.15) is 5.82 Å². The Morgan fingerprint density at radius 1 is 1.50 bits per heavy atom. The molecule has 0 aliphatic rings. The molecular formula is C12H10FN5OS. The summed E-state index contributed by atoms with van der Waals surface area (Å²) in [5, 5.41) is 7.57. The quantitative estimate of drug-likeness (QED) is 0.762. The van der Waals surface area contributed by atoms with Crippen LogP contribution in [0.1, 0.15) is 0 Å². The van der Waals surface area contributed by atoms with Crippen molar-refractivity contribution < 1.29 is 9.18 Å². The van der Waals surface area contributed by atoms with Crippen LogP contribution < -0.4 is 11.1 Å². The highest BCUT2D eigenvalue weighted by Gasteiger charge is 2.10. The SMILES string of the molecule is NC(=O)CNc1nn2cc(-c3cccc(F)c3)nc2s1. The number of rotatable bonds is 4. The van der Waals surface area contributed by atoms with Crippen molar-refractivity contribution in [1.29, 1.82) is 0 Å². The number of aromatic nitrogens is 3. The molecule has 0 unspecified atom stereocenters. The van der Waals surface area contributed by atoms with Crippen LogP contribution in [-0.4, -0.2) is 27.0 Å². The van der Waals surface area contributed by atoms with E-state index in [4.69, 9.17) is 5.73 Å². The molecule has 0 saturated heterocycles. The molecule has 0 radical (unpaired) electrons. The summed E-state index contributed by atoms with van der Waals surface area (Å²) < 4.78 is 14.8. The Kier molecular flexibility index (Phi) is 3.07. The molecule has 102 valence electrons. The number of hydrogen-bond acceptors (Lipinski definition) is 5. The van der Waals surface area contributed by atoms with Gasteiger partial charge in [0.2, 0.25) is 16.0 Å². The van der Waals surface area contributed by atoms with Crippen LogP contribution in [0.15, 0.2) is 30.5 Å². The second-order valence-electron chi connectivity index (χ2n) is 4.09. The fraction of sp³-hybridized carbons (Fsp3) is 0.0833. The highest BCUT2D eigenvalue weighted by molar-refractivity contribution is 7.20. The maximum Gasteiger partial charge on any atom is 0.236 e. The van der Waals surface area contributed by atoms with Crippen molar-refractivity contribution in [2.45, 2.75) is 0 Å². The first-order valence-electron chi connectivity index (χ1n) is 5.76. The number of imidazole rings is 1. The van der Waals surface area contributed by atoms with Crippen LogP contribution >= 0.6 is 11.3 Å². The average Bonchev–Trinajstić information content (AvgIpc) is 2.94. The lowest BCUT2D eigenvalue weighted by molar-refractivity contribution is -0.116. The second-order valence-corrected chi connectivity index (χ2v) is 5.05. The summed E-state index contributed by atoms with van der Waals surface area (Å²) in [5.41, 5.74) is 6.37. The number of carbonyl (C=O) groups excluding carboxylic acids is 1. The number of halogens is 1. The van der Waals surface area contributed by atoms with Crippen LogP contribution in [0.3, 0.4) is 0 Å². The lowest BCUT2D eigenvalue weighted by Gasteiger charge is -1.96. The third-order valence-electron chi connectivity index (χ3n) is 2.58. The summed E-state index contributed by atoms with van der Waals surface area (Å²) in [6, 6.07) is 6.21. The van der Waals surface area contributed by atoms with Gasteiger partial charge >= 0.3 is 0 Å². The lowest BCUT2D eigenvalue weighted by Crippen LogP contribution is -2.21. The van der Waals surface area contributed by atoms with E-state index in [9.17, 15) is 9.18 Å². The average molecular weight is 291 g/mol. The van der Waals surface area contributed by atoms with Crippen LogP contribution in [-0.2, 0) is 4.79 Å². The largest absolute Gasteiger partial charge is 0.368 e. The molecule has 3 N–H and O–H groups in total. The van der Waals surface area contributed by atoms with Crippen LogP contribution in [0.2, 0.25) is 0 Å². The molecule has 1 aromatic carbocycles. The van der Waals surface area contributed by atoms with Gasteiger partial charge in [0.15, 0.2) is 0 Å². The van der Waals surface area contributed by atoms with Crippen molar-refractivity contribution in [3.05, 3.63) is 36.3 Å². The molecular weight excluding hydrogens is 281 g/mol. The van der Waals surface area contributed by atoms with Gasteiger partial charge in [-0.05, 0) is 12.1 Å². The normalized spacial score (nSPS) is 10.8. The van der Waals surface area contributed by atoms with Gasteiger partial charge in [-0.3, -0.25) is 4.79 Å². The van der Waals surface area contributed by atoms with Crippen molar-refractivity contribution >= 4 is 27.3 Å². The van der Waals surface area contributed by atoms with E-state index < -0.39 is 5.91 Å². The summed E-state index contributed by atoms with van der Waals surface area (Å²) in [6.07, 6.45) is 1.70. The molecule has 0 atom stereocenters. The summed E-state index contributed by atoms with van der Waals surface area (Å²) in [6.45, 7) is 0.0213. The number of nitrogens with one attached hydrogen (secondary N) is 1. The number of hydrogen-bond donors (Lipinski definition) is 2. The molecule has 0 fully saturated rings. The molecule has 1 amide bonds. The predicted octanol–water partition coefficient (Wildman–Crippen LogP) is 1.49. The van der Waals surface area contributed by atoms with Gasteiger partial charge in [0.05, 0.1) is 18.4 Å². The van der Waals surface area contributed by atoms with Crippen LogP contribution in [0.4, 0.5) is 9.52 Å². The molecule has 6 nitrogen and oxygen atoms in total. The van der Waals surface area contributed by atoms with Crippen LogP contribution in [0.25, 0.3) is 16.2 Å². The summed E-state index contributed by atoms with van der Waals surface area (Å²) in [4.78, 5) is 15.7. The first kappa shape index (κ1) is 12.5. The fourth-order valence-electron chi connectivity index (χ4n) is 1.72. The summed E-state index contributed by atoms with van der Waals surface area (Å²) in [5.74, 6) is -0.770. The molecule has 3 rings (SSSR count). The molecule has 8 heteroatoms. The number of anilines is 1. The maximum atomic E-state index is 13.2. The van der Waals surface area contributed by atoms with Crippen LogP contribution in [0, 0.1) is 5.82 Å². The third-order valence-corrected chi connectivity index (χ3v) is 3.46. The number of nitrogens with zero attached hydrogens (tertiary/aromatic N) is 3. The number of nitrogens with two attached hydrogens (primary N) is 1. The van der Waals surface area contributed by atoms with Gasteiger partial charge in [0, 0.05) is 5.56 Å². The molecule has 0 saturated carbocycles. The van der Waals surface area contributed by atoms with E-state index in [1.807, 2.05) is 0 Å². The minimum Gasteiger partial charge on any atom is -0.368 e. The number of primary amides is 1. The molecule has 0 bridgehead atoms. The molecule has 3 aromatic rings. The lowest BCUT2D eigenvalue weighted by atomic mass is 10.2. The van der Waals surface area contributed by atoms with Crippen molar-refractivity contribution in [2.24, 2.45) is 5.73 Å². The Balaban J connectivity index is 1.89. The van der Waals surface area contributed by atoms with Gasteiger partial charge < -0.3 is 11.1 Å². The predicted molar refractivity (Wildman–Crippen MR) is 73.9 cm³/mol. The third kappa shape index (κ3) is 2.45. The zero-order valence-corrected chi connectivity index (χ0v) is 11.0. The Labute approximate surface area is 117 Å². The standard InChI is InChI=1S/C12H10FN5OS/c13-8-3-1-2-7(4-8)9-6-18-12(16-9)20-11(17-18)15-5-10(14)19/h1-4,6H,5H2,(H2,14,19)(H,15,17). The molecule has 0 aliphatic carbocycles. The topological polar surface area (TPSA) is 85.3 Å².